The van der Waals surface area contributed by atoms with E-state index in [2.05, 4.69) is 170 Å². The number of hydrogen-bond donors (Lipinski definition) is 0. The van der Waals surface area contributed by atoms with Crippen LogP contribution in [0.1, 0.15) is 22.3 Å². The lowest BCUT2D eigenvalue weighted by atomic mass is 9.68. The molecule has 0 bridgehead atoms. The van der Waals surface area contributed by atoms with Gasteiger partial charge in [0, 0.05) is 16.7 Å². The van der Waals surface area contributed by atoms with Crippen LogP contribution in [0.15, 0.2) is 188 Å². The van der Waals surface area contributed by atoms with Crippen molar-refractivity contribution in [1.82, 2.24) is 15.0 Å². The number of fused-ring (bicyclic) bond motifs is 11. The highest BCUT2D eigenvalue weighted by Gasteiger charge is 2.52. The SMILES string of the molecule is c1ccc(-c2nc(-c3cccc(-c4cccc5c4C4(c6ccccc6-c6ccccc64)c4ccccc4-5)c3)nc(-c3ccc4ccccc4c3)n2)cc1. The summed E-state index contributed by atoms with van der Waals surface area (Å²) in [6.45, 7) is 0. The number of nitrogens with zero attached hydrogens (tertiary/aromatic N) is 3. The molecule has 1 heterocycles. The van der Waals surface area contributed by atoms with Gasteiger partial charge in [-0.15, -0.1) is 0 Å². The van der Waals surface area contributed by atoms with Gasteiger partial charge in [-0.05, 0) is 78.5 Å². The summed E-state index contributed by atoms with van der Waals surface area (Å²) in [4.78, 5) is 15.3. The van der Waals surface area contributed by atoms with E-state index in [1.54, 1.807) is 0 Å². The van der Waals surface area contributed by atoms with Gasteiger partial charge < -0.3 is 0 Å². The second-order valence-corrected chi connectivity index (χ2v) is 13.9. The Morgan fingerprint density at radius 1 is 0.283 bits per heavy atom. The summed E-state index contributed by atoms with van der Waals surface area (Å²) in [6, 6.07) is 67.4. The molecule has 0 unspecified atom stereocenters. The van der Waals surface area contributed by atoms with Crippen LogP contribution in [0.5, 0.6) is 0 Å². The normalized spacial score (nSPS) is 13.1. The predicted octanol–water partition coefficient (Wildman–Crippen LogP) is 12.0. The highest BCUT2D eigenvalue weighted by atomic mass is 15.0. The van der Waals surface area contributed by atoms with Gasteiger partial charge in [-0.25, -0.2) is 15.0 Å². The molecule has 1 spiro atoms. The van der Waals surface area contributed by atoms with Crippen LogP contribution in [-0.4, -0.2) is 15.0 Å². The molecule has 0 atom stereocenters. The van der Waals surface area contributed by atoms with Gasteiger partial charge in [0.2, 0.25) is 0 Å². The maximum absolute atomic E-state index is 5.15. The van der Waals surface area contributed by atoms with Crippen molar-refractivity contribution in [2.75, 3.05) is 0 Å². The molecular formula is C50H31N3. The fraction of sp³-hybridized carbons (Fsp3) is 0.0200. The van der Waals surface area contributed by atoms with Crippen LogP contribution in [0.25, 0.3) is 78.3 Å². The van der Waals surface area contributed by atoms with Crippen molar-refractivity contribution >= 4 is 10.8 Å². The van der Waals surface area contributed by atoms with E-state index in [1.165, 1.54) is 55.5 Å². The van der Waals surface area contributed by atoms with Gasteiger partial charge in [0.05, 0.1) is 5.41 Å². The first kappa shape index (κ1) is 29.7. The molecule has 2 aliphatic carbocycles. The van der Waals surface area contributed by atoms with Crippen molar-refractivity contribution in [2.45, 2.75) is 5.41 Å². The number of hydrogen-bond acceptors (Lipinski definition) is 3. The zero-order valence-electron chi connectivity index (χ0n) is 28.7. The Kier molecular flexibility index (Phi) is 6.47. The van der Waals surface area contributed by atoms with E-state index in [1.807, 2.05) is 18.2 Å². The molecule has 3 nitrogen and oxygen atoms in total. The minimum atomic E-state index is -0.442. The van der Waals surface area contributed by atoms with Crippen LogP contribution in [0.3, 0.4) is 0 Å². The quantitative estimate of drug-likeness (QED) is 0.187. The third-order valence-corrected chi connectivity index (χ3v) is 11.1. The monoisotopic (exact) mass is 673 g/mol. The summed E-state index contributed by atoms with van der Waals surface area (Å²) in [6.07, 6.45) is 0. The second kappa shape index (κ2) is 11.5. The molecule has 1 aromatic heterocycles. The van der Waals surface area contributed by atoms with Gasteiger partial charge >= 0.3 is 0 Å². The van der Waals surface area contributed by atoms with Crippen molar-refractivity contribution in [3.05, 3.63) is 210 Å². The van der Waals surface area contributed by atoms with E-state index < -0.39 is 5.41 Å². The van der Waals surface area contributed by atoms with Crippen LogP contribution < -0.4 is 0 Å². The fourth-order valence-corrected chi connectivity index (χ4v) is 8.90. The number of aromatic nitrogens is 3. The lowest BCUT2D eigenvalue weighted by Crippen LogP contribution is -2.26. The molecule has 0 saturated carbocycles. The van der Waals surface area contributed by atoms with Crippen molar-refractivity contribution in [3.63, 3.8) is 0 Å². The molecule has 0 saturated heterocycles. The lowest BCUT2D eigenvalue weighted by molar-refractivity contribution is 0.796. The van der Waals surface area contributed by atoms with Gasteiger partial charge in [-0.3, -0.25) is 0 Å². The van der Waals surface area contributed by atoms with Gasteiger partial charge in [0.1, 0.15) is 0 Å². The molecule has 53 heavy (non-hydrogen) atoms. The maximum Gasteiger partial charge on any atom is 0.164 e. The first-order valence-electron chi connectivity index (χ1n) is 18.1. The minimum absolute atomic E-state index is 0.442. The van der Waals surface area contributed by atoms with Crippen molar-refractivity contribution in [3.8, 4) is 67.5 Å². The van der Waals surface area contributed by atoms with Crippen LogP contribution in [0.2, 0.25) is 0 Å². The molecule has 3 heteroatoms. The first-order valence-corrected chi connectivity index (χ1v) is 18.1. The summed E-state index contributed by atoms with van der Waals surface area (Å²) >= 11 is 0. The molecule has 11 rings (SSSR count). The molecule has 246 valence electrons. The van der Waals surface area contributed by atoms with E-state index in [-0.39, 0.29) is 0 Å². The largest absolute Gasteiger partial charge is 0.208 e. The maximum atomic E-state index is 5.15. The van der Waals surface area contributed by atoms with Crippen molar-refractivity contribution < 1.29 is 0 Å². The van der Waals surface area contributed by atoms with Crippen LogP contribution in [0, 0.1) is 0 Å². The summed E-state index contributed by atoms with van der Waals surface area (Å²) in [7, 11) is 0. The molecule has 0 amide bonds. The van der Waals surface area contributed by atoms with Gasteiger partial charge in [0.25, 0.3) is 0 Å². The smallest absolute Gasteiger partial charge is 0.164 e. The molecule has 2 aliphatic rings. The fourth-order valence-electron chi connectivity index (χ4n) is 8.90. The van der Waals surface area contributed by atoms with Crippen molar-refractivity contribution in [1.29, 1.82) is 0 Å². The Hall–Kier alpha value is -6.97. The zero-order chi connectivity index (χ0) is 34.9. The Morgan fingerprint density at radius 2 is 0.736 bits per heavy atom. The molecule has 0 radical (unpaired) electrons. The minimum Gasteiger partial charge on any atom is -0.208 e. The van der Waals surface area contributed by atoms with Crippen molar-refractivity contribution in [2.24, 2.45) is 0 Å². The van der Waals surface area contributed by atoms with Crippen LogP contribution in [-0.2, 0) is 5.41 Å². The highest BCUT2D eigenvalue weighted by molar-refractivity contribution is 5.99. The van der Waals surface area contributed by atoms with E-state index >= 15 is 0 Å². The Balaban J connectivity index is 1.13. The average molecular weight is 674 g/mol. The Bertz CT molecular complexity index is 2840. The third-order valence-electron chi connectivity index (χ3n) is 11.1. The molecule has 9 aromatic rings. The Labute approximate surface area is 308 Å². The summed E-state index contributed by atoms with van der Waals surface area (Å²) in [5, 5.41) is 2.34. The standard InChI is InChI=1S/C50H31N3/c1-2-15-33(16-3-1)47-51-48(53-49(52-47)37-29-28-32-14-4-5-17-34(32)30-37)36-19-12-18-35(31-36)38-23-13-24-42-41-22-8-11-27-45(41)50(46(38)42)43-25-9-6-20-39(43)40-21-7-10-26-44(40)50/h1-31H. The zero-order valence-corrected chi connectivity index (χ0v) is 28.7. The van der Waals surface area contributed by atoms with Gasteiger partial charge in [0.15, 0.2) is 17.5 Å². The molecule has 0 N–H and O–H groups in total. The average Bonchev–Trinajstić information content (AvgIpc) is 3.71. The predicted molar refractivity (Wildman–Crippen MR) is 215 cm³/mol. The van der Waals surface area contributed by atoms with E-state index in [0.717, 1.165) is 27.6 Å². The molecule has 0 aliphatic heterocycles. The summed E-state index contributed by atoms with van der Waals surface area (Å²) < 4.78 is 0. The lowest BCUT2D eigenvalue weighted by Gasteiger charge is -2.32. The van der Waals surface area contributed by atoms with E-state index in [4.69, 9.17) is 15.0 Å². The topological polar surface area (TPSA) is 38.7 Å². The summed E-state index contributed by atoms with van der Waals surface area (Å²) in [5.41, 5.74) is 15.2. The summed E-state index contributed by atoms with van der Waals surface area (Å²) in [5.74, 6) is 1.95. The molecular weight excluding hydrogens is 643 g/mol. The van der Waals surface area contributed by atoms with Crippen LogP contribution in [0.4, 0.5) is 0 Å². The molecule has 0 fully saturated rings. The first-order chi connectivity index (χ1) is 26.3. The second-order valence-electron chi connectivity index (χ2n) is 13.9. The van der Waals surface area contributed by atoms with E-state index in [0.29, 0.717) is 17.5 Å². The highest BCUT2D eigenvalue weighted by Crippen LogP contribution is 2.64. The third kappa shape index (κ3) is 4.38. The van der Waals surface area contributed by atoms with Gasteiger partial charge in [-0.2, -0.15) is 0 Å². The van der Waals surface area contributed by atoms with Crippen LogP contribution >= 0.6 is 0 Å². The van der Waals surface area contributed by atoms with Gasteiger partial charge in [-0.1, -0.05) is 176 Å². The number of benzene rings is 8. The number of rotatable bonds is 4. The Morgan fingerprint density at radius 3 is 1.42 bits per heavy atom. The molecule has 8 aromatic carbocycles. The van der Waals surface area contributed by atoms with E-state index in [9.17, 15) is 0 Å².